The minimum Gasteiger partial charge on any atom is -0.399 e. The molecule has 0 aliphatic carbocycles. The normalized spacial score (nSPS) is 12.9. The summed E-state index contributed by atoms with van der Waals surface area (Å²) in [6.45, 7) is 12.6. The number of imidazole rings is 2. The molecule has 1 aliphatic rings. The summed E-state index contributed by atoms with van der Waals surface area (Å²) in [5.74, 6) is 1.87. The standard InChI is InChI=1S/C56H39N3.C31H30BNO2.C31H21BrN2/c1-38-23-34-45(35-24-38)58-53-21-11-9-19-50(53)51-37-43(33-36-54(51)58)39-25-27-40(28-26-39)46-15-5-7-17-48(46)49-18-8-6-16-47(49)41-29-31-42(32-30-41)56-57-52-20-10-12-22-55(52)59(56)44-13-3-2-4-14-44;1-21-10-17-25(18-11-21)33-28-9-7-6-8-26(28)27-20-23(14-19-29(27)33)22-12-15-24(16-13-22)32-34-30(2,3)31(4,5)35-32;32-28-15-7-6-14-27(28)26-13-5-4-12-25(26)22-18-20-23(21-19-22)31-33-29-16-8-9-17-30(29)34(31)24-10-2-1-3-11-24/h2-37H,1H3;6-20H,1-5H3;1-21H. The molecule has 0 amide bonds. The molecule has 1 aliphatic heterocycles. The van der Waals surface area contributed by atoms with Crippen LogP contribution < -0.4 is 5.46 Å². The minimum atomic E-state index is -0.344. The molecule has 0 bridgehead atoms. The fraction of sp³-hybridized carbons (Fsp3) is 0.0678. The van der Waals surface area contributed by atoms with Crippen LogP contribution in [-0.2, 0) is 9.31 Å². The van der Waals surface area contributed by atoms with E-state index in [2.05, 4.69) is 488 Å². The van der Waals surface area contributed by atoms with Gasteiger partial charge in [0.1, 0.15) is 11.6 Å². The molecule has 5 heterocycles. The molecule has 0 N–H and O–H groups in total. The molecule has 0 unspecified atom stereocenters. The maximum atomic E-state index is 6.23. The number of nitrogens with zero attached hydrogens (tertiary/aromatic N) is 6. The van der Waals surface area contributed by atoms with E-state index < -0.39 is 0 Å². The second kappa shape index (κ2) is 33.8. The molecule has 8 nitrogen and oxygen atoms in total. The molecule has 0 saturated carbocycles. The number of hydrogen-bond donors (Lipinski definition) is 0. The summed E-state index contributed by atoms with van der Waals surface area (Å²) in [4.78, 5) is 10.1. The van der Waals surface area contributed by atoms with Gasteiger partial charge in [-0.2, -0.15) is 0 Å². The van der Waals surface area contributed by atoms with Gasteiger partial charge in [-0.3, -0.25) is 9.13 Å². The highest BCUT2D eigenvalue weighted by Crippen LogP contribution is 2.45. The lowest BCUT2D eigenvalue weighted by atomic mass is 9.78. The Kier molecular flexibility index (Phi) is 21.2. The van der Waals surface area contributed by atoms with E-state index in [9.17, 15) is 0 Å². The van der Waals surface area contributed by atoms with Gasteiger partial charge in [0, 0.05) is 59.9 Å². The Balaban J connectivity index is 0.000000124. The van der Waals surface area contributed by atoms with E-state index >= 15 is 0 Å². The first kappa shape index (κ1) is 80.1. The summed E-state index contributed by atoms with van der Waals surface area (Å²) in [7, 11) is -0.344. The van der Waals surface area contributed by atoms with Crippen LogP contribution in [0.1, 0.15) is 38.8 Å². The molecule has 614 valence electrons. The molecule has 0 radical (unpaired) electrons. The number of aromatic nitrogens is 6. The maximum Gasteiger partial charge on any atom is 0.494 e. The largest absolute Gasteiger partial charge is 0.494 e. The predicted octanol–water partition coefficient (Wildman–Crippen LogP) is 30.6. The van der Waals surface area contributed by atoms with Crippen molar-refractivity contribution in [2.45, 2.75) is 52.7 Å². The van der Waals surface area contributed by atoms with E-state index in [0.717, 1.165) is 71.7 Å². The Bertz CT molecular complexity index is 7850. The highest BCUT2D eigenvalue weighted by molar-refractivity contribution is 9.10. The third-order valence-electron chi connectivity index (χ3n) is 25.5. The van der Waals surface area contributed by atoms with Crippen LogP contribution in [0.25, 0.3) is 189 Å². The fourth-order valence-corrected chi connectivity index (χ4v) is 18.7. The Morgan fingerprint density at radius 3 is 0.922 bits per heavy atom. The summed E-state index contributed by atoms with van der Waals surface area (Å²) in [6.07, 6.45) is 0. The Morgan fingerprint density at radius 1 is 0.234 bits per heavy atom. The summed E-state index contributed by atoms with van der Waals surface area (Å²) >= 11 is 3.72. The van der Waals surface area contributed by atoms with Crippen molar-refractivity contribution in [3.63, 3.8) is 0 Å². The van der Waals surface area contributed by atoms with Crippen LogP contribution in [0.3, 0.4) is 0 Å². The van der Waals surface area contributed by atoms with E-state index in [1.807, 2.05) is 24.3 Å². The smallest absolute Gasteiger partial charge is 0.399 e. The molecule has 4 aromatic heterocycles. The van der Waals surface area contributed by atoms with Gasteiger partial charge in [-0.05, 0) is 240 Å². The fourth-order valence-electron chi connectivity index (χ4n) is 18.2. The number of rotatable bonds is 14. The van der Waals surface area contributed by atoms with Crippen LogP contribution in [0, 0.1) is 13.8 Å². The number of aryl methyl sites for hydroxylation is 2. The number of hydrogen-bond acceptors (Lipinski definition) is 4. The molecule has 1 fully saturated rings. The SMILES string of the molecule is Brc1ccccc1-c1ccccc1-c1ccc(-c2nc3ccccc3n2-c2ccccc2)cc1.Cc1ccc(-n2c3ccccc3c3cc(-c4ccc(-c5ccccc5-c5ccccc5-c5ccc(-c6nc7ccccc7n6-c6ccccc6)cc5)cc4)ccc32)cc1.Cc1ccc(-n2c3ccccc3c3cc(-c4ccc(B5OC(C)(C)C(C)(C)O5)cc4)ccc32)cc1. The first-order valence-electron chi connectivity index (χ1n) is 43.8. The molecule has 10 heteroatoms. The van der Waals surface area contributed by atoms with Crippen molar-refractivity contribution in [1.29, 1.82) is 0 Å². The van der Waals surface area contributed by atoms with Gasteiger partial charge in [0.15, 0.2) is 0 Å². The van der Waals surface area contributed by atoms with Gasteiger partial charge < -0.3 is 18.4 Å². The van der Waals surface area contributed by atoms with Crippen molar-refractivity contribution in [2.75, 3.05) is 0 Å². The molecule has 128 heavy (non-hydrogen) atoms. The van der Waals surface area contributed by atoms with Crippen molar-refractivity contribution < 1.29 is 9.31 Å². The van der Waals surface area contributed by atoms with E-state index in [0.29, 0.717) is 0 Å². The van der Waals surface area contributed by atoms with E-state index in [1.54, 1.807) is 0 Å². The quantitative estimate of drug-likeness (QED) is 0.102. The number of benzene rings is 18. The molecule has 0 spiro atoms. The second-order valence-electron chi connectivity index (χ2n) is 34.1. The van der Waals surface area contributed by atoms with Crippen LogP contribution in [0.5, 0.6) is 0 Å². The second-order valence-corrected chi connectivity index (χ2v) is 34.9. The average molecular weight is 1710 g/mol. The summed E-state index contributed by atoms with van der Waals surface area (Å²) in [5, 5.41) is 5.04. The van der Waals surface area contributed by atoms with Crippen molar-refractivity contribution >= 4 is 94.2 Å². The van der Waals surface area contributed by atoms with E-state index in [4.69, 9.17) is 19.3 Å². The van der Waals surface area contributed by atoms with E-state index in [1.165, 1.54) is 138 Å². The van der Waals surface area contributed by atoms with Gasteiger partial charge in [-0.1, -0.05) is 349 Å². The first-order chi connectivity index (χ1) is 62.7. The monoisotopic (exact) mass is 1710 g/mol. The average Bonchev–Trinajstić information content (AvgIpc) is 1.62. The summed E-state index contributed by atoms with van der Waals surface area (Å²) in [6, 6.07) is 156. The minimum absolute atomic E-state index is 0.340. The Labute approximate surface area is 754 Å². The topological polar surface area (TPSA) is 64.0 Å². The van der Waals surface area contributed by atoms with Crippen molar-refractivity contribution in [3.8, 4) is 123 Å². The lowest BCUT2D eigenvalue weighted by molar-refractivity contribution is 0.00578. The molecular weight excluding hydrogens is 1620 g/mol. The van der Waals surface area contributed by atoms with Crippen LogP contribution in [0.15, 0.2) is 441 Å². The van der Waals surface area contributed by atoms with Crippen LogP contribution in [0.4, 0.5) is 0 Å². The highest BCUT2D eigenvalue weighted by Gasteiger charge is 2.51. The van der Waals surface area contributed by atoms with E-state index in [-0.39, 0.29) is 18.3 Å². The van der Waals surface area contributed by atoms with Gasteiger partial charge >= 0.3 is 7.12 Å². The predicted molar refractivity (Wildman–Crippen MR) is 539 cm³/mol. The molecule has 18 aromatic carbocycles. The molecular formula is C118H90BBrN6O2. The number of para-hydroxylation sites is 8. The lowest BCUT2D eigenvalue weighted by Gasteiger charge is -2.32. The number of fused-ring (bicyclic) bond motifs is 8. The molecule has 23 rings (SSSR count). The van der Waals surface area contributed by atoms with Crippen LogP contribution >= 0.6 is 15.9 Å². The van der Waals surface area contributed by atoms with Gasteiger partial charge in [-0.15, -0.1) is 0 Å². The molecule has 22 aromatic rings. The third kappa shape index (κ3) is 15.1. The first-order valence-corrected chi connectivity index (χ1v) is 44.6. The van der Waals surface area contributed by atoms with Gasteiger partial charge in [-0.25, -0.2) is 9.97 Å². The summed E-state index contributed by atoms with van der Waals surface area (Å²) < 4.78 is 22.8. The zero-order valence-electron chi connectivity index (χ0n) is 72.0. The molecule has 0 atom stereocenters. The van der Waals surface area contributed by atoms with Gasteiger partial charge in [0.2, 0.25) is 0 Å². The lowest BCUT2D eigenvalue weighted by Crippen LogP contribution is -2.41. The van der Waals surface area contributed by atoms with Crippen molar-refractivity contribution in [3.05, 3.63) is 452 Å². The van der Waals surface area contributed by atoms with Gasteiger partial charge in [0.25, 0.3) is 0 Å². The van der Waals surface area contributed by atoms with Crippen molar-refractivity contribution in [2.24, 2.45) is 0 Å². The Morgan fingerprint density at radius 2 is 0.523 bits per heavy atom. The van der Waals surface area contributed by atoms with Gasteiger partial charge in [0.05, 0.1) is 55.3 Å². The zero-order chi connectivity index (χ0) is 86.6. The Hall–Kier alpha value is -15.0. The molecule has 1 saturated heterocycles. The summed E-state index contributed by atoms with van der Waals surface area (Å²) in [5.41, 5.74) is 35.4. The van der Waals surface area contributed by atoms with Crippen molar-refractivity contribution in [1.82, 2.24) is 28.2 Å². The zero-order valence-corrected chi connectivity index (χ0v) is 73.6. The third-order valence-corrected chi connectivity index (χ3v) is 26.2. The van der Waals surface area contributed by atoms with Crippen LogP contribution in [0.2, 0.25) is 0 Å². The maximum absolute atomic E-state index is 6.23. The van der Waals surface area contributed by atoms with Crippen LogP contribution in [-0.4, -0.2) is 46.6 Å². The number of halogens is 1. The highest BCUT2D eigenvalue weighted by atomic mass is 79.9.